The van der Waals surface area contributed by atoms with Crippen molar-refractivity contribution < 1.29 is 9.53 Å². The fourth-order valence-corrected chi connectivity index (χ4v) is 2.24. The molecule has 94 valence electrons. The van der Waals surface area contributed by atoms with Gasteiger partial charge in [0.1, 0.15) is 17.4 Å². The first-order chi connectivity index (χ1) is 9.24. The summed E-state index contributed by atoms with van der Waals surface area (Å²) in [7, 11) is 1.54. The molecule has 0 amide bonds. The Morgan fingerprint density at radius 3 is 2.84 bits per heavy atom. The third-order valence-corrected chi connectivity index (χ3v) is 3.35. The normalized spacial score (nSPS) is 10.8. The molecule has 1 aromatic carbocycles. The van der Waals surface area contributed by atoms with Crippen LogP contribution in [0.4, 0.5) is 0 Å². The topological polar surface area (TPSA) is 50.1 Å². The molecular formula is C15H11NO2S. The molecule has 3 nitrogen and oxygen atoms in total. The van der Waals surface area contributed by atoms with Gasteiger partial charge in [-0.1, -0.05) is 18.2 Å². The minimum Gasteiger partial charge on any atom is -0.497 e. The number of Topliss-reactive ketones (excluding diaryl/α,β-unsaturated/α-hetero) is 1. The van der Waals surface area contributed by atoms with Crippen LogP contribution in [0.1, 0.15) is 15.2 Å². The van der Waals surface area contributed by atoms with Gasteiger partial charge in [0.15, 0.2) is 0 Å². The number of ketones is 1. The Hall–Kier alpha value is -2.38. The molecular weight excluding hydrogens is 258 g/mol. The maximum absolute atomic E-state index is 12.2. The van der Waals surface area contributed by atoms with E-state index in [2.05, 4.69) is 0 Å². The largest absolute Gasteiger partial charge is 0.497 e. The molecule has 0 bridgehead atoms. The van der Waals surface area contributed by atoms with Crippen LogP contribution in [0.15, 0.2) is 47.4 Å². The summed E-state index contributed by atoms with van der Waals surface area (Å²) >= 11 is 1.48. The number of carbonyl (C=O) groups is 1. The number of nitriles is 1. The van der Waals surface area contributed by atoms with Crippen molar-refractivity contribution in [2.45, 2.75) is 0 Å². The highest BCUT2D eigenvalue weighted by Crippen LogP contribution is 2.19. The maximum Gasteiger partial charge on any atom is 0.203 e. The van der Waals surface area contributed by atoms with Gasteiger partial charge in [0.25, 0.3) is 0 Å². The zero-order valence-corrected chi connectivity index (χ0v) is 11.1. The van der Waals surface area contributed by atoms with Gasteiger partial charge in [-0.2, -0.15) is 5.26 Å². The van der Waals surface area contributed by atoms with Gasteiger partial charge >= 0.3 is 0 Å². The third kappa shape index (κ3) is 3.09. The van der Waals surface area contributed by atoms with Crippen LogP contribution in [0.3, 0.4) is 0 Å². The number of hydrogen-bond acceptors (Lipinski definition) is 4. The molecule has 0 atom stereocenters. The summed E-state index contributed by atoms with van der Waals surface area (Å²) in [6.07, 6.45) is 1.60. The van der Waals surface area contributed by atoms with Gasteiger partial charge in [0.05, 0.1) is 7.11 Å². The quantitative estimate of drug-likeness (QED) is 0.484. The lowest BCUT2D eigenvalue weighted by Crippen LogP contribution is -2.02. The maximum atomic E-state index is 12.2. The van der Waals surface area contributed by atoms with Gasteiger partial charge in [-0.3, -0.25) is 4.79 Å². The van der Waals surface area contributed by atoms with E-state index in [1.54, 1.807) is 30.3 Å². The minimum absolute atomic E-state index is 0.121. The van der Waals surface area contributed by atoms with Crippen LogP contribution in [0.5, 0.6) is 5.75 Å². The zero-order valence-electron chi connectivity index (χ0n) is 10.3. The van der Waals surface area contributed by atoms with E-state index in [0.29, 0.717) is 11.3 Å². The second-order valence-electron chi connectivity index (χ2n) is 3.75. The number of methoxy groups -OCH3 is 1. The van der Waals surface area contributed by atoms with Crippen molar-refractivity contribution >= 4 is 23.2 Å². The lowest BCUT2D eigenvalue weighted by molar-refractivity contribution is 0.103. The van der Waals surface area contributed by atoms with Gasteiger partial charge in [-0.05, 0) is 29.7 Å². The summed E-state index contributed by atoms with van der Waals surface area (Å²) in [5.74, 6) is 0.300. The van der Waals surface area contributed by atoms with Gasteiger partial charge < -0.3 is 4.74 Å². The summed E-state index contributed by atoms with van der Waals surface area (Å²) < 4.78 is 5.07. The second kappa shape index (κ2) is 5.98. The Labute approximate surface area is 115 Å². The van der Waals surface area contributed by atoms with Crippen molar-refractivity contribution in [1.82, 2.24) is 0 Å². The first kappa shape index (κ1) is 13.1. The smallest absolute Gasteiger partial charge is 0.203 e. The van der Waals surface area contributed by atoms with E-state index in [-0.39, 0.29) is 11.4 Å². The molecule has 0 spiro atoms. The molecule has 0 aliphatic carbocycles. The standard InChI is InChI=1S/C15H11NO2S/c1-18-13-5-2-4-11(8-13)15(17)12(10-16)9-14-6-3-7-19-14/h2-9H,1H3. The summed E-state index contributed by atoms with van der Waals surface area (Å²) in [6.45, 7) is 0. The van der Waals surface area contributed by atoms with Crippen LogP contribution in [0, 0.1) is 11.3 Å². The Bertz CT molecular complexity index is 651. The first-order valence-electron chi connectivity index (χ1n) is 5.58. The van der Waals surface area contributed by atoms with E-state index in [0.717, 1.165) is 4.88 Å². The monoisotopic (exact) mass is 269 g/mol. The highest BCUT2D eigenvalue weighted by atomic mass is 32.1. The van der Waals surface area contributed by atoms with E-state index < -0.39 is 0 Å². The lowest BCUT2D eigenvalue weighted by atomic mass is 10.0. The van der Waals surface area contributed by atoms with Gasteiger partial charge in [0, 0.05) is 10.4 Å². The molecule has 0 N–H and O–H groups in total. The molecule has 0 aliphatic heterocycles. The first-order valence-corrected chi connectivity index (χ1v) is 6.46. The van der Waals surface area contributed by atoms with E-state index >= 15 is 0 Å². The van der Waals surface area contributed by atoms with E-state index in [4.69, 9.17) is 10.00 Å². The van der Waals surface area contributed by atoms with Crippen LogP contribution < -0.4 is 4.74 Å². The molecule has 0 saturated heterocycles. The summed E-state index contributed by atoms with van der Waals surface area (Å²) in [4.78, 5) is 13.1. The van der Waals surface area contributed by atoms with Crippen LogP contribution in [0.2, 0.25) is 0 Å². The van der Waals surface area contributed by atoms with Crippen molar-refractivity contribution in [2.24, 2.45) is 0 Å². The Morgan fingerprint density at radius 1 is 1.37 bits per heavy atom. The fraction of sp³-hybridized carbons (Fsp3) is 0.0667. The molecule has 4 heteroatoms. The van der Waals surface area contributed by atoms with E-state index in [1.807, 2.05) is 23.6 Å². The van der Waals surface area contributed by atoms with Crippen molar-refractivity contribution in [2.75, 3.05) is 7.11 Å². The number of hydrogen-bond donors (Lipinski definition) is 0. The molecule has 2 rings (SSSR count). The molecule has 1 heterocycles. The van der Waals surface area contributed by atoms with Crippen molar-refractivity contribution in [1.29, 1.82) is 5.26 Å². The molecule has 0 saturated carbocycles. The highest BCUT2D eigenvalue weighted by Gasteiger charge is 2.13. The molecule has 0 unspecified atom stereocenters. The van der Waals surface area contributed by atoms with Crippen LogP contribution in [-0.4, -0.2) is 12.9 Å². The molecule has 0 fully saturated rings. The average Bonchev–Trinajstić information content (AvgIpc) is 2.97. The summed E-state index contributed by atoms with van der Waals surface area (Å²) in [6, 6.07) is 12.5. The molecule has 0 radical (unpaired) electrons. The summed E-state index contributed by atoms with van der Waals surface area (Å²) in [5, 5.41) is 11.0. The molecule has 0 aliphatic rings. The number of nitrogens with zero attached hydrogens (tertiary/aromatic N) is 1. The fourth-order valence-electron chi connectivity index (χ4n) is 1.58. The van der Waals surface area contributed by atoms with Gasteiger partial charge in [-0.25, -0.2) is 0 Å². The van der Waals surface area contributed by atoms with Crippen LogP contribution >= 0.6 is 11.3 Å². The number of allylic oxidation sites excluding steroid dienone is 1. The molecule has 2 aromatic rings. The van der Waals surface area contributed by atoms with E-state index in [9.17, 15) is 4.79 Å². The average molecular weight is 269 g/mol. The Balaban J connectivity index is 2.34. The van der Waals surface area contributed by atoms with Crippen molar-refractivity contribution in [3.63, 3.8) is 0 Å². The van der Waals surface area contributed by atoms with Gasteiger partial charge in [-0.15, -0.1) is 11.3 Å². The van der Waals surface area contributed by atoms with Crippen molar-refractivity contribution in [3.8, 4) is 11.8 Å². The number of rotatable bonds is 4. The van der Waals surface area contributed by atoms with Gasteiger partial charge in [0.2, 0.25) is 5.78 Å². The number of benzene rings is 1. The molecule has 1 aromatic heterocycles. The van der Waals surface area contributed by atoms with Crippen LogP contribution in [0.25, 0.3) is 6.08 Å². The minimum atomic E-state index is -0.296. The SMILES string of the molecule is COc1cccc(C(=O)C(C#N)=Cc2cccs2)c1. The second-order valence-corrected chi connectivity index (χ2v) is 4.73. The highest BCUT2D eigenvalue weighted by molar-refractivity contribution is 7.10. The lowest BCUT2D eigenvalue weighted by Gasteiger charge is -2.02. The number of ether oxygens (including phenoxy) is 1. The number of carbonyl (C=O) groups excluding carboxylic acids is 1. The zero-order chi connectivity index (χ0) is 13.7. The van der Waals surface area contributed by atoms with Crippen LogP contribution in [-0.2, 0) is 0 Å². The predicted molar refractivity (Wildman–Crippen MR) is 75.2 cm³/mol. The number of thiophene rings is 1. The summed E-state index contributed by atoms with van der Waals surface area (Å²) in [5.41, 5.74) is 0.569. The molecule has 19 heavy (non-hydrogen) atoms. The third-order valence-electron chi connectivity index (χ3n) is 2.53. The Kier molecular flexibility index (Phi) is 4.11. The van der Waals surface area contributed by atoms with E-state index in [1.165, 1.54) is 18.4 Å². The Morgan fingerprint density at radius 2 is 2.21 bits per heavy atom. The predicted octanol–water partition coefficient (Wildman–Crippen LogP) is 3.55. The van der Waals surface area contributed by atoms with Crippen molar-refractivity contribution in [3.05, 3.63) is 57.8 Å².